The maximum atomic E-state index is 11.9. The summed E-state index contributed by atoms with van der Waals surface area (Å²) in [6.07, 6.45) is 5.78. The van der Waals surface area contributed by atoms with Gasteiger partial charge >= 0.3 is 5.97 Å². The van der Waals surface area contributed by atoms with E-state index in [1.807, 2.05) is 26.1 Å². The first-order chi connectivity index (χ1) is 16.5. The minimum Gasteiger partial charge on any atom is -0.489 e. The Morgan fingerprint density at radius 1 is 1.24 bits per heavy atom. The third-order valence-corrected chi connectivity index (χ3v) is 7.34. The summed E-state index contributed by atoms with van der Waals surface area (Å²) in [7, 11) is 3.30. The van der Waals surface area contributed by atoms with Crippen molar-refractivity contribution in [1.82, 2.24) is 29.3 Å². The number of nitrogens with one attached hydrogen (secondary N) is 1. The first-order valence-corrected chi connectivity index (χ1v) is 12.5. The van der Waals surface area contributed by atoms with Gasteiger partial charge in [-0.3, -0.25) is 4.79 Å². The number of carbonyl (C=O) groups is 1. The summed E-state index contributed by atoms with van der Waals surface area (Å²) in [5, 5.41) is 13.0. The minimum absolute atomic E-state index is 0.0216. The zero-order valence-corrected chi connectivity index (χ0v) is 20.5. The summed E-state index contributed by atoms with van der Waals surface area (Å²) in [6, 6.07) is 3.83. The Labute approximate surface area is 202 Å². The summed E-state index contributed by atoms with van der Waals surface area (Å²) < 4.78 is 17.3. The minimum atomic E-state index is -0.154. The van der Waals surface area contributed by atoms with Crippen LogP contribution in [0.4, 0.5) is 5.95 Å². The van der Waals surface area contributed by atoms with Crippen molar-refractivity contribution in [1.29, 1.82) is 0 Å². The van der Waals surface area contributed by atoms with Crippen LogP contribution in [0.5, 0.6) is 5.75 Å². The van der Waals surface area contributed by atoms with Gasteiger partial charge in [0.25, 0.3) is 0 Å². The number of nitrogens with zero attached hydrogens (tertiary/aromatic N) is 6. The first kappa shape index (κ1) is 22.7. The van der Waals surface area contributed by atoms with Crippen molar-refractivity contribution in [3.05, 3.63) is 28.5 Å². The Kier molecular flexibility index (Phi) is 6.44. The molecule has 3 aromatic rings. The Balaban J connectivity index is 1.27. The van der Waals surface area contributed by atoms with Crippen LogP contribution >= 0.6 is 11.5 Å². The highest BCUT2D eigenvalue weighted by molar-refractivity contribution is 7.05. The van der Waals surface area contributed by atoms with Crippen molar-refractivity contribution in [3.8, 4) is 17.1 Å². The lowest BCUT2D eigenvalue weighted by atomic mass is 9.87. The number of carbonyl (C=O) groups excluding carboxylic acids is 1. The van der Waals surface area contributed by atoms with Gasteiger partial charge in [-0.1, -0.05) is 5.21 Å². The SMILES string of the molecule is COC(=O)[C@H]1CCC[C@H](Oc2ccc(-c3nnn(C)c3CNc3nsc(C4CC4)n3)nc2C)C1. The number of esters is 1. The number of anilines is 1. The molecule has 2 saturated carbocycles. The predicted octanol–water partition coefficient (Wildman–Crippen LogP) is 3.64. The monoisotopic (exact) mass is 483 g/mol. The van der Waals surface area contributed by atoms with E-state index < -0.39 is 0 Å². The number of hydrogen-bond donors (Lipinski definition) is 1. The van der Waals surface area contributed by atoms with Gasteiger partial charge in [-0.05, 0) is 69.1 Å². The van der Waals surface area contributed by atoms with Crippen molar-refractivity contribution in [2.75, 3.05) is 12.4 Å². The molecule has 10 nitrogen and oxygen atoms in total. The predicted molar refractivity (Wildman–Crippen MR) is 127 cm³/mol. The normalized spacial score (nSPS) is 20.2. The summed E-state index contributed by atoms with van der Waals surface area (Å²) >= 11 is 1.47. The molecule has 0 aromatic carbocycles. The molecule has 0 amide bonds. The van der Waals surface area contributed by atoms with Crippen LogP contribution in [0, 0.1) is 12.8 Å². The molecule has 3 aromatic heterocycles. The average molecular weight is 484 g/mol. The zero-order chi connectivity index (χ0) is 23.7. The van der Waals surface area contributed by atoms with E-state index in [9.17, 15) is 4.79 Å². The second-order valence-electron chi connectivity index (χ2n) is 9.00. The van der Waals surface area contributed by atoms with Crippen LogP contribution < -0.4 is 10.1 Å². The van der Waals surface area contributed by atoms with E-state index in [0.29, 0.717) is 30.5 Å². The van der Waals surface area contributed by atoms with Gasteiger partial charge in [0.15, 0.2) is 0 Å². The largest absolute Gasteiger partial charge is 0.489 e. The summed E-state index contributed by atoms with van der Waals surface area (Å²) in [6.45, 7) is 2.42. The van der Waals surface area contributed by atoms with Gasteiger partial charge in [-0.2, -0.15) is 4.37 Å². The average Bonchev–Trinajstić information content (AvgIpc) is 3.48. The molecule has 2 aliphatic rings. The molecule has 34 heavy (non-hydrogen) atoms. The molecular weight excluding hydrogens is 454 g/mol. The quantitative estimate of drug-likeness (QED) is 0.479. The fourth-order valence-electron chi connectivity index (χ4n) is 4.36. The number of aromatic nitrogens is 6. The number of pyridine rings is 1. The fourth-order valence-corrected chi connectivity index (χ4v) is 5.15. The highest BCUT2D eigenvalue weighted by Gasteiger charge is 2.30. The fraction of sp³-hybridized carbons (Fsp3) is 0.565. The number of rotatable bonds is 8. The number of ether oxygens (including phenoxy) is 2. The molecule has 0 radical (unpaired) electrons. The van der Waals surface area contributed by atoms with E-state index in [1.54, 1.807) is 4.68 Å². The van der Waals surface area contributed by atoms with Crippen LogP contribution in [0.15, 0.2) is 12.1 Å². The maximum Gasteiger partial charge on any atom is 0.308 e. The molecule has 0 unspecified atom stereocenters. The molecule has 0 bridgehead atoms. The summed E-state index contributed by atoms with van der Waals surface area (Å²) in [4.78, 5) is 21.3. The van der Waals surface area contributed by atoms with Gasteiger partial charge in [-0.25, -0.2) is 14.6 Å². The standard InChI is InChI=1S/C23H29N7O3S/c1-13-19(33-16-6-4-5-15(11-16)22(31)32-3)10-9-17(25-13)20-18(30(2)29-27-20)12-24-23-26-21(34-28-23)14-7-8-14/h9-10,14-16H,4-8,11-12H2,1-3H3,(H,24,28)/t15-,16-/m0/s1. The van der Waals surface area contributed by atoms with Gasteiger partial charge in [0.05, 0.1) is 42.8 Å². The van der Waals surface area contributed by atoms with Gasteiger partial charge in [-0.15, -0.1) is 5.10 Å². The van der Waals surface area contributed by atoms with Crippen molar-refractivity contribution in [3.63, 3.8) is 0 Å². The van der Waals surface area contributed by atoms with Gasteiger partial charge in [0, 0.05) is 13.0 Å². The van der Waals surface area contributed by atoms with E-state index in [1.165, 1.54) is 31.5 Å². The lowest BCUT2D eigenvalue weighted by molar-refractivity contribution is -0.147. The smallest absolute Gasteiger partial charge is 0.308 e. The van der Waals surface area contributed by atoms with Crippen molar-refractivity contribution in [2.24, 2.45) is 13.0 Å². The van der Waals surface area contributed by atoms with E-state index in [4.69, 9.17) is 14.5 Å². The molecule has 5 rings (SSSR count). The molecule has 2 fully saturated rings. The van der Waals surface area contributed by atoms with E-state index >= 15 is 0 Å². The molecule has 3 heterocycles. The van der Waals surface area contributed by atoms with E-state index in [-0.39, 0.29) is 18.0 Å². The number of methoxy groups -OCH3 is 1. The lowest BCUT2D eigenvalue weighted by Gasteiger charge is -2.28. The van der Waals surface area contributed by atoms with Crippen LogP contribution in [0.2, 0.25) is 0 Å². The van der Waals surface area contributed by atoms with Crippen LogP contribution in [-0.2, 0) is 23.1 Å². The number of hydrogen-bond acceptors (Lipinski definition) is 10. The Morgan fingerprint density at radius 3 is 2.85 bits per heavy atom. The van der Waals surface area contributed by atoms with Gasteiger partial charge < -0.3 is 14.8 Å². The van der Waals surface area contributed by atoms with Crippen LogP contribution in [0.1, 0.15) is 60.8 Å². The van der Waals surface area contributed by atoms with Crippen molar-refractivity contribution >= 4 is 23.5 Å². The molecule has 2 aliphatic carbocycles. The molecular formula is C23H29N7O3S. The topological polar surface area (TPSA) is 117 Å². The highest BCUT2D eigenvalue weighted by atomic mass is 32.1. The maximum absolute atomic E-state index is 11.9. The molecule has 0 spiro atoms. The molecule has 180 valence electrons. The second kappa shape index (κ2) is 9.65. The molecule has 0 saturated heterocycles. The van der Waals surface area contributed by atoms with Gasteiger partial charge in [0.1, 0.15) is 16.5 Å². The Morgan fingerprint density at radius 2 is 2.09 bits per heavy atom. The van der Waals surface area contributed by atoms with Crippen molar-refractivity contribution in [2.45, 2.75) is 64.0 Å². The molecule has 11 heteroatoms. The van der Waals surface area contributed by atoms with Crippen LogP contribution in [-0.4, -0.2) is 48.5 Å². The summed E-state index contributed by atoms with van der Waals surface area (Å²) in [5.41, 5.74) is 3.12. The summed E-state index contributed by atoms with van der Waals surface area (Å²) in [5.74, 6) is 1.71. The van der Waals surface area contributed by atoms with Gasteiger partial charge in [0.2, 0.25) is 5.95 Å². The van der Waals surface area contributed by atoms with Crippen LogP contribution in [0.3, 0.4) is 0 Å². The second-order valence-corrected chi connectivity index (χ2v) is 9.78. The lowest BCUT2D eigenvalue weighted by Crippen LogP contribution is -2.30. The third kappa shape index (κ3) is 4.89. The van der Waals surface area contributed by atoms with E-state index in [0.717, 1.165) is 47.1 Å². The van der Waals surface area contributed by atoms with E-state index in [2.05, 4.69) is 25.0 Å². The highest BCUT2D eigenvalue weighted by Crippen LogP contribution is 2.41. The Hall–Kier alpha value is -3.08. The molecule has 2 atom stereocenters. The molecule has 1 N–H and O–H groups in total. The zero-order valence-electron chi connectivity index (χ0n) is 19.7. The first-order valence-electron chi connectivity index (χ1n) is 11.7. The van der Waals surface area contributed by atoms with Crippen LogP contribution in [0.25, 0.3) is 11.4 Å². The molecule has 0 aliphatic heterocycles. The Bertz CT molecular complexity index is 1170. The third-order valence-electron chi connectivity index (χ3n) is 6.46. The van der Waals surface area contributed by atoms with Crippen molar-refractivity contribution < 1.29 is 14.3 Å². The number of aryl methyl sites for hydroxylation is 2.